The first-order valence-electron chi connectivity index (χ1n) is 9.14. The van der Waals surface area contributed by atoms with Crippen LogP contribution in [0.2, 0.25) is 0 Å². The lowest BCUT2D eigenvalue weighted by atomic mass is 9.79. The normalized spacial score (nSPS) is 14.1. The van der Waals surface area contributed by atoms with Crippen LogP contribution < -0.4 is 5.32 Å². The Morgan fingerprint density at radius 3 is 2.19 bits per heavy atom. The van der Waals surface area contributed by atoms with E-state index in [0.717, 1.165) is 5.69 Å². The van der Waals surface area contributed by atoms with Crippen LogP contribution in [0.1, 0.15) is 25.0 Å². The largest absolute Gasteiger partial charge is 0.355 e. The Hall–Kier alpha value is -3.06. The molecule has 0 unspecified atom stereocenters. The minimum Gasteiger partial charge on any atom is -0.355 e. The van der Waals surface area contributed by atoms with Crippen molar-refractivity contribution < 1.29 is 0 Å². The van der Waals surface area contributed by atoms with Crippen molar-refractivity contribution in [3.63, 3.8) is 0 Å². The van der Waals surface area contributed by atoms with Crippen LogP contribution in [0.3, 0.4) is 0 Å². The van der Waals surface area contributed by atoms with Crippen LogP contribution in [0.4, 0.5) is 11.4 Å². The van der Waals surface area contributed by atoms with Crippen LogP contribution in [0.15, 0.2) is 84.9 Å². The van der Waals surface area contributed by atoms with Crippen LogP contribution in [0, 0.1) is 0 Å². The highest BCUT2D eigenvalue weighted by Crippen LogP contribution is 2.53. The van der Waals surface area contributed by atoms with E-state index in [1.54, 1.807) is 0 Å². The maximum atomic E-state index is 3.64. The van der Waals surface area contributed by atoms with Crippen LogP contribution in [-0.4, -0.2) is 0 Å². The Bertz CT molecular complexity index is 1120. The molecule has 26 heavy (non-hydrogen) atoms. The number of benzene rings is 4. The Morgan fingerprint density at radius 1 is 0.615 bits per heavy atom. The molecular weight excluding hydrogens is 314 g/mol. The molecule has 5 rings (SSSR count). The Kier molecular flexibility index (Phi) is 3.20. The van der Waals surface area contributed by atoms with Gasteiger partial charge in [0.15, 0.2) is 0 Å². The second-order valence-electron chi connectivity index (χ2n) is 7.55. The molecule has 126 valence electrons. The summed E-state index contributed by atoms with van der Waals surface area (Å²) in [6.45, 7) is 4.70. The summed E-state index contributed by atoms with van der Waals surface area (Å²) in [6, 6.07) is 30.3. The number of hydrogen-bond donors (Lipinski definition) is 1. The molecule has 0 atom stereocenters. The van der Waals surface area contributed by atoms with Crippen LogP contribution >= 0.6 is 0 Å². The van der Waals surface area contributed by atoms with Gasteiger partial charge in [-0.15, -0.1) is 0 Å². The van der Waals surface area contributed by atoms with E-state index in [9.17, 15) is 0 Å². The van der Waals surface area contributed by atoms with Crippen molar-refractivity contribution in [2.75, 3.05) is 5.32 Å². The fraction of sp³-hybridized carbons (Fsp3) is 0.120. The highest BCUT2D eigenvalue weighted by Gasteiger charge is 2.38. The lowest BCUT2D eigenvalue weighted by Gasteiger charge is -2.26. The maximum Gasteiger partial charge on any atom is 0.0431 e. The van der Waals surface area contributed by atoms with Gasteiger partial charge in [0, 0.05) is 16.8 Å². The first-order valence-corrected chi connectivity index (χ1v) is 9.14. The van der Waals surface area contributed by atoms with Gasteiger partial charge in [-0.05, 0) is 51.2 Å². The van der Waals surface area contributed by atoms with E-state index in [0.29, 0.717) is 0 Å². The molecule has 0 saturated carbocycles. The third-order valence-corrected chi connectivity index (χ3v) is 5.59. The predicted octanol–water partition coefficient (Wildman–Crippen LogP) is 6.89. The number of anilines is 2. The summed E-state index contributed by atoms with van der Waals surface area (Å²) in [7, 11) is 0. The van der Waals surface area contributed by atoms with Gasteiger partial charge in [0.2, 0.25) is 0 Å². The molecule has 1 nitrogen and oxygen atoms in total. The van der Waals surface area contributed by atoms with Crippen LogP contribution in [-0.2, 0) is 5.41 Å². The van der Waals surface area contributed by atoms with Gasteiger partial charge in [-0.1, -0.05) is 80.6 Å². The van der Waals surface area contributed by atoms with Gasteiger partial charge in [0.1, 0.15) is 0 Å². The zero-order chi connectivity index (χ0) is 17.7. The number of fused-ring (bicyclic) bond motifs is 5. The minimum absolute atomic E-state index is 0.0517. The third kappa shape index (κ3) is 2.10. The van der Waals surface area contributed by atoms with Crippen molar-refractivity contribution in [1.82, 2.24) is 0 Å². The fourth-order valence-corrected chi connectivity index (χ4v) is 4.53. The van der Waals surface area contributed by atoms with Crippen molar-refractivity contribution in [3.05, 3.63) is 96.1 Å². The van der Waals surface area contributed by atoms with E-state index in [4.69, 9.17) is 0 Å². The number of para-hydroxylation sites is 1. The van der Waals surface area contributed by atoms with Gasteiger partial charge >= 0.3 is 0 Å². The summed E-state index contributed by atoms with van der Waals surface area (Å²) in [5, 5.41) is 6.31. The quantitative estimate of drug-likeness (QED) is 0.420. The molecule has 1 aliphatic carbocycles. The molecule has 0 bridgehead atoms. The van der Waals surface area contributed by atoms with Gasteiger partial charge < -0.3 is 5.32 Å². The summed E-state index contributed by atoms with van der Waals surface area (Å²) in [4.78, 5) is 0. The van der Waals surface area contributed by atoms with E-state index >= 15 is 0 Å². The lowest BCUT2D eigenvalue weighted by Crippen LogP contribution is -2.17. The zero-order valence-electron chi connectivity index (χ0n) is 15.1. The molecule has 0 aliphatic heterocycles. The van der Waals surface area contributed by atoms with Crippen molar-refractivity contribution in [2.45, 2.75) is 19.3 Å². The van der Waals surface area contributed by atoms with E-state index in [1.807, 2.05) is 6.07 Å². The first kappa shape index (κ1) is 15.2. The molecule has 4 aromatic rings. The Balaban J connectivity index is 1.75. The average molecular weight is 335 g/mol. The monoisotopic (exact) mass is 335 g/mol. The van der Waals surface area contributed by atoms with Gasteiger partial charge in [0.05, 0.1) is 0 Å². The second-order valence-corrected chi connectivity index (χ2v) is 7.55. The number of nitrogens with one attached hydrogen (secondary N) is 1. The summed E-state index contributed by atoms with van der Waals surface area (Å²) in [5.41, 5.74) is 7.79. The molecule has 1 N–H and O–H groups in total. The molecule has 1 heteroatoms. The first-order chi connectivity index (χ1) is 12.7. The molecule has 1 aliphatic rings. The van der Waals surface area contributed by atoms with Crippen molar-refractivity contribution in [1.29, 1.82) is 0 Å². The standard InChI is InChI=1S/C25H21N/c1-25(2)23-19-12-7-6-9-17(19)15-16-21(23)20-13-8-14-22(24(20)25)26-18-10-4-3-5-11-18/h3-16,26H,1-2H3. The average Bonchev–Trinajstić information content (AvgIpc) is 2.91. The molecule has 0 heterocycles. The lowest BCUT2D eigenvalue weighted by molar-refractivity contribution is 0.668. The second kappa shape index (κ2) is 5.47. The molecule has 4 aromatic carbocycles. The molecule has 0 fully saturated rings. The van der Waals surface area contributed by atoms with Gasteiger partial charge in [-0.25, -0.2) is 0 Å². The Morgan fingerprint density at radius 2 is 1.35 bits per heavy atom. The summed E-state index contributed by atoms with van der Waals surface area (Å²) < 4.78 is 0. The van der Waals surface area contributed by atoms with Crippen molar-refractivity contribution >= 4 is 22.1 Å². The fourth-order valence-electron chi connectivity index (χ4n) is 4.53. The molecular formula is C25H21N. The van der Waals surface area contributed by atoms with Crippen molar-refractivity contribution in [2.24, 2.45) is 0 Å². The maximum absolute atomic E-state index is 3.64. The van der Waals surface area contributed by atoms with E-state index in [2.05, 4.69) is 98.0 Å². The van der Waals surface area contributed by atoms with Gasteiger partial charge in [-0.3, -0.25) is 0 Å². The number of rotatable bonds is 2. The van der Waals surface area contributed by atoms with Crippen LogP contribution in [0.25, 0.3) is 21.9 Å². The van der Waals surface area contributed by atoms with E-state index in [1.165, 1.54) is 38.7 Å². The predicted molar refractivity (Wildman–Crippen MR) is 111 cm³/mol. The summed E-state index contributed by atoms with van der Waals surface area (Å²) in [6.07, 6.45) is 0. The van der Waals surface area contributed by atoms with E-state index in [-0.39, 0.29) is 5.41 Å². The van der Waals surface area contributed by atoms with Gasteiger partial charge in [-0.2, -0.15) is 0 Å². The Labute approximate surface area is 154 Å². The summed E-state index contributed by atoms with van der Waals surface area (Å²) >= 11 is 0. The number of hydrogen-bond acceptors (Lipinski definition) is 1. The molecule has 0 spiro atoms. The van der Waals surface area contributed by atoms with Gasteiger partial charge in [0.25, 0.3) is 0 Å². The molecule has 0 aromatic heterocycles. The van der Waals surface area contributed by atoms with E-state index < -0.39 is 0 Å². The van der Waals surface area contributed by atoms with Crippen LogP contribution in [0.5, 0.6) is 0 Å². The molecule has 0 amide bonds. The summed E-state index contributed by atoms with van der Waals surface area (Å²) in [5.74, 6) is 0. The highest BCUT2D eigenvalue weighted by atomic mass is 14.9. The highest BCUT2D eigenvalue weighted by molar-refractivity contribution is 5.99. The third-order valence-electron chi connectivity index (χ3n) is 5.59. The topological polar surface area (TPSA) is 12.0 Å². The molecule has 0 saturated heterocycles. The van der Waals surface area contributed by atoms with Crippen molar-refractivity contribution in [3.8, 4) is 11.1 Å². The molecule has 0 radical (unpaired) electrons. The smallest absolute Gasteiger partial charge is 0.0431 e. The SMILES string of the molecule is CC1(C)c2c(Nc3ccccc3)cccc2-c2ccc3ccccc3c21. The minimum atomic E-state index is -0.0517. The zero-order valence-corrected chi connectivity index (χ0v) is 15.1.